The largest absolute Gasteiger partial charge is 0.466 e. The summed E-state index contributed by atoms with van der Waals surface area (Å²) in [7, 11) is 0. The summed E-state index contributed by atoms with van der Waals surface area (Å²) >= 11 is 0. The molecule has 2 aromatic heterocycles. The van der Waals surface area contributed by atoms with Crippen molar-refractivity contribution in [2.75, 3.05) is 0 Å². The number of furan rings is 1. The Morgan fingerprint density at radius 3 is 2.71 bits per heavy atom. The summed E-state index contributed by atoms with van der Waals surface area (Å²) in [6, 6.07) is 10.0. The summed E-state index contributed by atoms with van der Waals surface area (Å²) in [5, 5.41) is 4.09. The Labute approximate surface area is 123 Å². The van der Waals surface area contributed by atoms with Gasteiger partial charge in [0.1, 0.15) is 11.5 Å². The van der Waals surface area contributed by atoms with Gasteiger partial charge in [0.25, 0.3) is 5.91 Å². The van der Waals surface area contributed by atoms with Crippen LogP contribution in [0.25, 0.3) is 10.9 Å². The summed E-state index contributed by atoms with van der Waals surface area (Å²) < 4.78 is 5.38. The van der Waals surface area contributed by atoms with Crippen molar-refractivity contribution in [2.45, 2.75) is 27.3 Å². The Kier molecular flexibility index (Phi) is 3.29. The average Bonchev–Trinajstić information content (AvgIpc) is 2.96. The predicted molar refractivity (Wildman–Crippen MR) is 82.4 cm³/mol. The summed E-state index contributed by atoms with van der Waals surface area (Å²) in [5.41, 5.74) is 3.93. The van der Waals surface area contributed by atoms with Gasteiger partial charge in [0.2, 0.25) is 0 Å². The molecule has 0 spiro atoms. The van der Waals surface area contributed by atoms with E-state index in [0.29, 0.717) is 17.9 Å². The molecule has 0 bridgehead atoms. The Bertz CT molecular complexity index is 811. The molecule has 3 aromatic rings. The van der Waals surface area contributed by atoms with Crippen LogP contribution in [0, 0.1) is 20.8 Å². The van der Waals surface area contributed by atoms with Crippen molar-refractivity contribution in [3.63, 3.8) is 0 Å². The van der Waals surface area contributed by atoms with Crippen molar-refractivity contribution in [1.82, 2.24) is 10.3 Å². The Balaban J connectivity index is 1.73. The van der Waals surface area contributed by atoms with Gasteiger partial charge in [0, 0.05) is 17.8 Å². The topological polar surface area (TPSA) is 58.0 Å². The van der Waals surface area contributed by atoms with Crippen molar-refractivity contribution in [1.29, 1.82) is 0 Å². The standard InChI is InChI=1S/C17H18N2O2/c1-10-6-14-8-13(4-5-16(14)19-10)9-18-17(20)15-7-11(2)21-12(15)3/h4-8,19H,9H2,1-3H3,(H,18,20). The third kappa shape index (κ3) is 2.70. The first-order valence-electron chi connectivity index (χ1n) is 6.96. The average molecular weight is 282 g/mol. The number of hydrogen-bond donors (Lipinski definition) is 2. The van der Waals surface area contributed by atoms with E-state index >= 15 is 0 Å². The van der Waals surface area contributed by atoms with E-state index in [9.17, 15) is 4.79 Å². The van der Waals surface area contributed by atoms with Crippen molar-refractivity contribution in [3.8, 4) is 0 Å². The Morgan fingerprint density at radius 2 is 2.00 bits per heavy atom. The molecule has 4 nitrogen and oxygen atoms in total. The smallest absolute Gasteiger partial charge is 0.255 e. The molecule has 1 amide bonds. The maximum Gasteiger partial charge on any atom is 0.255 e. The van der Waals surface area contributed by atoms with Crippen LogP contribution in [0.4, 0.5) is 0 Å². The molecular formula is C17H18N2O2. The second kappa shape index (κ2) is 5.13. The Hall–Kier alpha value is -2.49. The predicted octanol–water partition coefficient (Wildman–Crippen LogP) is 3.62. The van der Waals surface area contributed by atoms with Gasteiger partial charge in [-0.05, 0) is 56.0 Å². The number of carbonyl (C=O) groups is 1. The minimum atomic E-state index is -0.102. The first-order valence-corrected chi connectivity index (χ1v) is 6.96. The molecule has 0 aliphatic heterocycles. The summed E-state index contributed by atoms with van der Waals surface area (Å²) in [6.07, 6.45) is 0. The third-order valence-electron chi connectivity index (χ3n) is 3.56. The fourth-order valence-corrected chi connectivity index (χ4v) is 2.57. The van der Waals surface area contributed by atoms with Crippen LogP contribution in [-0.4, -0.2) is 10.9 Å². The lowest BCUT2D eigenvalue weighted by molar-refractivity contribution is 0.0949. The molecule has 0 fully saturated rings. The molecule has 21 heavy (non-hydrogen) atoms. The fraction of sp³-hybridized carbons (Fsp3) is 0.235. The number of carbonyl (C=O) groups excluding carboxylic acids is 1. The summed E-state index contributed by atoms with van der Waals surface area (Å²) in [5.74, 6) is 1.30. The van der Waals surface area contributed by atoms with Gasteiger partial charge in [-0.15, -0.1) is 0 Å². The quantitative estimate of drug-likeness (QED) is 0.771. The second-order valence-corrected chi connectivity index (χ2v) is 5.38. The number of hydrogen-bond acceptors (Lipinski definition) is 2. The monoisotopic (exact) mass is 282 g/mol. The van der Waals surface area contributed by atoms with Crippen LogP contribution in [0.1, 0.15) is 33.1 Å². The van der Waals surface area contributed by atoms with Gasteiger partial charge in [-0.25, -0.2) is 0 Å². The number of aromatic amines is 1. The molecule has 0 saturated heterocycles. The van der Waals surface area contributed by atoms with Gasteiger partial charge >= 0.3 is 0 Å². The number of amides is 1. The van der Waals surface area contributed by atoms with E-state index in [2.05, 4.69) is 22.4 Å². The molecule has 4 heteroatoms. The van der Waals surface area contributed by atoms with Crippen LogP contribution < -0.4 is 5.32 Å². The molecule has 0 aliphatic carbocycles. The number of H-pyrrole nitrogens is 1. The summed E-state index contributed by atoms with van der Waals surface area (Å²) in [4.78, 5) is 15.4. The molecule has 0 radical (unpaired) electrons. The third-order valence-corrected chi connectivity index (χ3v) is 3.56. The van der Waals surface area contributed by atoms with Gasteiger partial charge in [-0.1, -0.05) is 6.07 Å². The number of aromatic nitrogens is 1. The molecule has 108 valence electrons. The van der Waals surface area contributed by atoms with E-state index in [0.717, 1.165) is 27.9 Å². The van der Waals surface area contributed by atoms with Crippen molar-refractivity contribution in [3.05, 3.63) is 58.7 Å². The molecule has 2 N–H and O–H groups in total. The highest BCUT2D eigenvalue weighted by molar-refractivity contribution is 5.95. The first-order chi connectivity index (χ1) is 10.0. The van der Waals surface area contributed by atoms with E-state index in [1.807, 2.05) is 26.0 Å². The van der Waals surface area contributed by atoms with Gasteiger partial charge in [0.15, 0.2) is 0 Å². The normalized spacial score (nSPS) is 11.0. The highest BCUT2D eigenvalue weighted by Crippen LogP contribution is 2.17. The van der Waals surface area contributed by atoms with Crippen LogP contribution in [0.3, 0.4) is 0 Å². The molecule has 1 aromatic carbocycles. The number of benzene rings is 1. The van der Waals surface area contributed by atoms with Crippen LogP contribution in [0.5, 0.6) is 0 Å². The maximum absolute atomic E-state index is 12.1. The maximum atomic E-state index is 12.1. The van der Waals surface area contributed by atoms with E-state index in [1.165, 1.54) is 0 Å². The summed E-state index contributed by atoms with van der Waals surface area (Å²) in [6.45, 7) is 6.18. The number of rotatable bonds is 3. The van der Waals surface area contributed by atoms with Crippen molar-refractivity contribution < 1.29 is 9.21 Å². The van der Waals surface area contributed by atoms with E-state index in [4.69, 9.17) is 4.42 Å². The molecular weight excluding hydrogens is 264 g/mol. The minimum absolute atomic E-state index is 0.102. The SMILES string of the molecule is Cc1cc2cc(CNC(=O)c3cc(C)oc3C)ccc2[nH]1. The van der Waals surface area contributed by atoms with Crippen molar-refractivity contribution >= 4 is 16.8 Å². The zero-order valence-electron chi connectivity index (χ0n) is 12.4. The van der Waals surface area contributed by atoms with E-state index < -0.39 is 0 Å². The molecule has 2 heterocycles. The van der Waals surface area contributed by atoms with Crippen LogP contribution in [0.15, 0.2) is 34.7 Å². The number of aryl methyl sites for hydroxylation is 3. The first kappa shape index (κ1) is 13.5. The lowest BCUT2D eigenvalue weighted by Crippen LogP contribution is -2.22. The van der Waals surface area contributed by atoms with E-state index in [-0.39, 0.29) is 5.91 Å². The van der Waals surface area contributed by atoms with Crippen LogP contribution in [-0.2, 0) is 6.54 Å². The number of nitrogens with one attached hydrogen (secondary N) is 2. The molecule has 0 saturated carbocycles. The number of fused-ring (bicyclic) bond motifs is 1. The van der Waals surface area contributed by atoms with Gasteiger partial charge in [-0.2, -0.15) is 0 Å². The lowest BCUT2D eigenvalue weighted by Gasteiger charge is -2.05. The minimum Gasteiger partial charge on any atom is -0.466 e. The molecule has 0 atom stereocenters. The zero-order valence-corrected chi connectivity index (χ0v) is 12.4. The zero-order chi connectivity index (χ0) is 15.0. The van der Waals surface area contributed by atoms with Gasteiger partial charge in [0.05, 0.1) is 5.56 Å². The van der Waals surface area contributed by atoms with Gasteiger partial charge in [-0.3, -0.25) is 4.79 Å². The molecule has 0 unspecified atom stereocenters. The van der Waals surface area contributed by atoms with Crippen LogP contribution in [0.2, 0.25) is 0 Å². The highest BCUT2D eigenvalue weighted by atomic mass is 16.3. The molecule has 3 rings (SSSR count). The van der Waals surface area contributed by atoms with Crippen molar-refractivity contribution in [2.24, 2.45) is 0 Å². The van der Waals surface area contributed by atoms with E-state index in [1.54, 1.807) is 13.0 Å². The fourth-order valence-electron chi connectivity index (χ4n) is 2.57. The lowest BCUT2D eigenvalue weighted by atomic mass is 10.1. The molecule has 0 aliphatic rings. The second-order valence-electron chi connectivity index (χ2n) is 5.38. The van der Waals surface area contributed by atoms with Gasteiger partial charge < -0.3 is 14.7 Å². The Morgan fingerprint density at radius 1 is 1.19 bits per heavy atom. The van der Waals surface area contributed by atoms with Crippen LogP contribution >= 0.6 is 0 Å². The highest BCUT2D eigenvalue weighted by Gasteiger charge is 2.13.